The first kappa shape index (κ1) is 19.2. The predicted molar refractivity (Wildman–Crippen MR) is 116 cm³/mol. The number of amides is 1. The maximum Gasteiger partial charge on any atom is 0.252 e. The van der Waals surface area contributed by atoms with Crippen LogP contribution >= 0.6 is 11.3 Å². The summed E-state index contributed by atoms with van der Waals surface area (Å²) in [6.07, 6.45) is 6.48. The Balaban J connectivity index is 1.28. The molecular weight excluding hydrogens is 420 g/mol. The van der Waals surface area contributed by atoms with Crippen LogP contribution in [0.3, 0.4) is 0 Å². The van der Waals surface area contributed by atoms with Crippen molar-refractivity contribution in [2.75, 3.05) is 4.72 Å². The molecule has 2 heterocycles. The van der Waals surface area contributed by atoms with Crippen LogP contribution < -0.4 is 10.0 Å². The van der Waals surface area contributed by atoms with Gasteiger partial charge in [-0.25, -0.2) is 13.4 Å². The monoisotopic (exact) mass is 440 g/mol. The molecule has 2 saturated carbocycles. The quantitative estimate of drug-likeness (QED) is 0.585. The summed E-state index contributed by atoms with van der Waals surface area (Å²) in [5.74, 6) is -0.168. The highest BCUT2D eigenvalue weighted by Gasteiger charge is 2.48. The molecule has 0 aliphatic heterocycles. The van der Waals surface area contributed by atoms with Crippen LogP contribution in [0.2, 0.25) is 0 Å². The number of hydrogen-bond acceptors (Lipinski definition) is 6. The minimum absolute atomic E-state index is 0.168. The molecule has 0 spiro atoms. The summed E-state index contributed by atoms with van der Waals surface area (Å²) in [4.78, 5) is 21.4. The molecule has 1 amide bonds. The van der Waals surface area contributed by atoms with E-state index in [1.807, 2.05) is 29.6 Å². The molecular formula is C21H20N4O3S2. The summed E-state index contributed by atoms with van der Waals surface area (Å²) in [6.45, 7) is 0. The Morgan fingerprint density at radius 1 is 1.10 bits per heavy atom. The van der Waals surface area contributed by atoms with Crippen LogP contribution in [0.5, 0.6) is 0 Å². The molecule has 0 radical (unpaired) electrons. The molecule has 1 aromatic carbocycles. The van der Waals surface area contributed by atoms with Crippen LogP contribution in [0.4, 0.5) is 5.13 Å². The molecule has 0 atom stereocenters. The number of sulfonamides is 1. The van der Waals surface area contributed by atoms with Gasteiger partial charge >= 0.3 is 0 Å². The number of nitrogens with one attached hydrogen (secondary N) is 2. The largest absolute Gasteiger partial charge is 0.341 e. The average molecular weight is 441 g/mol. The smallest absolute Gasteiger partial charge is 0.252 e. The van der Waals surface area contributed by atoms with Crippen LogP contribution in [0.15, 0.2) is 54.2 Å². The number of anilines is 1. The van der Waals surface area contributed by atoms with E-state index in [9.17, 15) is 13.2 Å². The van der Waals surface area contributed by atoms with Crippen molar-refractivity contribution in [2.45, 2.75) is 36.5 Å². The first-order chi connectivity index (χ1) is 14.5. The summed E-state index contributed by atoms with van der Waals surface area (Å²) in [5, 5.41) is 4.97. The molecule has 0 bridgehead atoms. The zero-order chi connectivity index (χ0) is 20.8. The maximum absolute atomic E-state index is 12.8. The maximum atomic E-state index is 12.8. The van der Waals surface area contributed by atoms with Crippen molar-refractivity contribution in [3.63, 3.8) is 0 Å². The number of benzene rings is 1. The summed E-state index contributed by atoms with van der Waals surface area (Å²) in [6, 6.07) is 11.2. The lowest BCUT2D eigenvalue weighted by molar-refractivity contribution is 0.0930. The summed E-state index contributed by atoms with van der Waals surface area (Å²) in [5.41, 5.74) is 2.75. The fourth-order valence-electron chi connectivity index (χ4n) is 3.33. The lowest BCUT2D eigenvalue weighted by Gasteiger charge is -2.15. The Bertz CT molecular complexity index is 1180. The Kier molecular flexibility index (Phi) is 4.59. The molecule has 154 valence electrons. The number of carbonyl (C=O) groups is 1. The molecule has 2 N–H and O–H groups in total. The third-order valence-electron chi connectivity index (χ3n) is 5.43. The molecule has 0 unspecified atom stereocenters. The minimum atomic E-state index is -3.34. The first-order valence-corrected chi connectivity index (χ1v) is 12.2. The average Bonchev–Trinajstić information content (AvgIpc) is 3.68. The van der Waals surface area contributed by atoms with Gasteiger partial charge in [-0.2, -0.15) is 0 Å². The van der Waals surface area contributed by atoms with Crippen LogP contribution in [-0.4, -0.2) is 29.5 Å². The summed E-state index contributed by atoms with van der Waals surface area (Å²) < 4.78 is 26.8. The molecule has 9 heteroatoms. The van der Waals surface area contributed by atoms with E-state index in [-0.39, 0.29) is 11.2 Å². The minimum Gasteiger partial charge on any atom is -0.341 e. The second-order valence-electron chi connectivity index (χ2n) is 7.74. The van der Waals surface area contributed by atoms with Crippen molar-refractivity contribution < 1.29 is 13.2 Å². The van der Waals surface area contributed by atoms with Gasteiger partial charge in [-0.1, -0.05) is 18.2 Å². The van der Waals surface area contributed by atoms with Gasteiger partial charge in [0.1, 0.15) is 0 Å². The van der Waals surface area contributed by atoms with Crippen molar-refractivity contribution >= 4 is 32.4 Å². The number of aromatic nitrogens is 2. The Morgan fingerprint density at radius 3 is 2.50 bits per heavy atom. The highest BCUT2D eigenvalue weighted by atomic mass is 32.2. The molecule has 2 fully saturated rings. The molecule has 2 aromatic heterocycles. The summed E-state index contributed by atoms with van der Waals surface area (Å²) in [7, 11) is -3.34. The number of rotatable bonds is 7. The highest BCUT2D eigenvalue weighted by molar-refractivity contribution is 7.93. The molecule has 2 aliphatic rings. The van der Waals surface area contributed by atoms with Gasteiger partial charge in [0, 0.05) is 23.3 Å². The van der Waals surface area contributed by atoms with Gasteiger partial charge in [0.15, 0.2) is 5.13 Å². The van der Waals surface area contributed by atoms with E-state index in [0.717, 1.165) is 24.0 Å². The van der Waals surface area contributed by atoms with E-state index in [0.29, 0.717) is 29.2 Å². The van der Waals surface area contributed by atoms with Gasteiger partial charge in [0.05, 0.1) is 16.5 Å². The molecule has 3 aromatic rings. The Morgan fingerprint density at radius 2 is 1.87 bits per heavy atom. The van der Waals surface area contributed by atoms with Crippen LogP contribution in [0, 0.1) is 0 Å². The lowest BCUT2D eigenvalue weighted by atomic mass is 10.0. The third kappa shape index (κ3) is 3.82. The van der Waals surface area contributed by atoms with E-state index in [1.54, 1.807) is 24.5 Å². The zero-order valence-electron chi connectivity index (χ0n) is 16.0. The van der Waals surface area contributed by atoms with Crippen molar-refractivity contribution in [1.82, 2.24) is 15.3 Å². The molecule has 2 aliphatic carbocycles. The molecule has 7 nitrogen and oxygen atoms in total. The van der Waals surface area contributed by atoms with Crippen LogP contribution in [-0.2, 0) is 15.6 Å². The van der Waals surface area contributed by atoms with Gasteiger partial charge in [0.25, 0.3) is 5.91 Å². The van der Waals surface area contributed by atoms with Gasteiger partial charge < -0.3 is 5.32 Å². The fourth-order valence-corrected chi connectivity index (χ4v) is 5.74. The Hall–Kier alpha value is -2.78. The van der Waals surface area contributed by atoms with E-state index < -0.39 is 15.6 Å². The topological polar surface area (TPSA) is 101 Å². The van der Waals surface area contributed by atoms with E-state index in [4.69, 9.17) is 0 Å². The van der Waals surface area contributed by atoms with Gasteiger partial charge in [-0.05, 0) is 55.0 Å². The number of nitrogens with zero attached hydrogens (tertiary/aromatic N) is 2. The normalized spacial score (nSPS) is 17.3. The lowest BCUT2D eigenvalue weighted by Crippen LogP contribution is -2.35. The van der Waals surface area contributed by atoms with Gasteiger partial charge in [-0.3, -0.25) is 14.5 Å². The van der Waals surface area contributed by atoms with Crippen LogP contribution in [0.25, 0.3) is 11.1 Å². The number of thiazole rings is 1. The van der Waals surface area contributed by atoms with E-state index in [2.05, 4.69) is 20.0 Å². The fraction of sp³-hybridized carbons (Fsp3) is 0.286. The van der Waals surface area contributed by atoms with E-state index >= 15 is 0 Å². The summed E-state index contributed by atoms with van der Waals surface area (Å²) >= 11 is 1.25. The van der Waals surface area contributed by atoms with Gasteiger partial charge in [0.2, 0.25) is 10.0 Å². The second kappa shape index (κ2) is 7.17. The van der Waals surface area contributed by atoms with E-state index in [1.165, 1.54) is 11.3 Å². The SMILES string of the molecule is O=C(NC1(c2csc(NS(=O)(=O)C3CC3)n2)CC1)c1ccc(-c2cccnc2)cc1. The standard InChI is InChI=1S/C21H20N4O3S2/c26-19(15-5-3-14(4-6-15)16-2-1-11-22-12-16)24-21(9-10-21)18-13-29-20(23-18)25-30(27,28)17-7-8-17/h1-6,11-13,17H,7-10H2,(H,23,25)(H,24,26). The predicted octanol–water partition coefficient (Wildman–Crippen LogP) is 3.53. The first-order valence-electron chi connectivity index (χ1n) is 9.76. The van der Waals surface area contributed by atoms with Crippen LogP contribution in [0.1, 0.15) is 41.7 Å². The Labute approximate surface area is 178 Å². The zero-order valence-corrected chi connectivity index (χ0v) is 17.7. The van der Waals surface area contributed by atoms with Gasteiger partial charge in [-0.15, -0.1) is 11.3 Å². The second-order valence-corrected chi connectivity index (χ2v) is 10.6. The number of carbonyl (C=O) groups excluding carboxylic acids is 1. The highest BCUT2D eigenvalue weighted by Crippen LogP contribution is 2.46. The number of hydrogen-bond donors (Lipinski definition) is 2. The van der Waals surface area contributed by atoms with Crippen molar-refractivity contribution in [2.24, 2.45) is 0 Å². The van der Waals surface area contributed by atoms with Crippen molar-refractivity contribution in [3.8, 4) is 11.1 Å². The molecule has 0 saturated heterocycles. The third-order valence-corrected chi connectivity index (χ3v) is 8.15. The molecule has 5 rings (SSSR count). The molecule has 30 heavy (non-hydrogen) atoms. The van der Waals surface area contributed by atoms with Crippen molar-refractivity contribution in [3.05, 3.63) is 65.4 Å². The number of pyridine rings is 1. The van der Waals surface area contributed by atoms with Crippen molar-refractivity contribution in [1.29, 1.82) is 0 Å².